The first-order chi connectivity index (χ1) is 9.94. The Bertz CT molecular complexity index is 818. The molecular formula is C15H13NO5. The molecule has 1 aliphatic rings. The van der Waals surface area contributed by atoms with Crippen molar-refractivity contribution in [2.24, 2.45) is 5.16 Å². The number of fused-ring (bicyclic) bond motifs is 3. The number of carbonyl (C=O) groups is 1. The highest BCUT2D eigenvalue weighted by Gasteiger charge is 2.43. The van der Waals surface area contributed by atoms with Crippen LogP contribution in [0.3, 0.4) is 0 Å². The molecule has 0 bridgehead atoms. The zero-order valence-electron chi connectivity index (χ0n) is 11.5. The summed E-state index contributed by atoms with van der Waals surface area (Å²) in [5.41, 5.74) is -0.893. The minimum absolute atomic E-state index is 0.271. The van der Waals surface area contributed by atoms with Gasteiger partial charge in [-0.3, -0.25) is 4.79 Å². The number of oxime groups is 1. The van der Waals surface area contributed by atoms with E-state index in [2.05, 4.69) is 5.16 Å². The van der Waals surface area contributed by atoms with E-state index in [1.54, 1.807) is 32.0 Å². The zero-order chi connectivity index (χ0) is 15.2. The molecule has 108 valence electrons. The molecule has 0 fully saturated rings. The molecule has 0 aliphatic carbocycles. The number of hydrogen-bond donors (Lipinski definition) is 1. The summed E-state index contributed by atoms with van der Waals surface area (Å²) in [4.78, 5) is 23.9. The summed E-state index contributed by atoms with van der Waals surface area (Å²) in [6.45, 7) is 3.28. The fourth-order valence-electron chi connectivity index (χ4n) is 2.56. The Morgan fingerprint density at radius 3 is 2.67 bits per heavy atom. The van der Waals surface area contributed by atoms with Crippen LogP contribution in [0.25, 0.3) is 11.0 Å². The largest absolute Gasteiger partial charge is 0.480 e. The van der Waals surface area contributed by atoms with E-state index in [0.29, 0.717) is 16.7 Å². The highest BCUT2D eigenvalue weighted by atomic mass is 16.5. The van der Waals surface area contributed by atoms with Gasteiger partial charge in [0.15, 0.2) is 11.4 Å². The SMILES string of the molecule is CC1(C)Oc2ccc3ccc(=O)oc3c2[C@@H](C=NO)C1=O. The first kappa shape index (κ1) is 13.4. The molecule has 1 aliphatic heterocycles. The van der Waals surface area contributed by atoms with Crippen LogP contribution in [0.15, 0.2) is 38.6 Å². The third-order valence-electron chi connectivity index (χ3n) is 3.56. The molecule has 21 heavy (non-hydrogen) atoms. The van der Waals surface area contributed by atoms with Crippen LogP contribution >= 0.6 is 0 Å². The molecule has 0 saturated heterocycles. The molecule has 3 rings (SSSR count). The van der Waals surface area contributed by atoms with Gasteiger partial charge in [-0.25, -0.2) is 4.79 Å². The number of hydrogen-bond acceptors (Lipinski definition) is 6. The maximum Gasteiger partial charge on any atom is 0.336 e. The molecule has 0 amide bonds. The van der Waals surface area contributed by atoms with Gasteiger partial charge >= 0.3 is 5.63 Å². The molecule has 1 atom stereocenters. The van der Waals surface area contributed by atoms with Gasteiger partial charge in [0.1, 0.15) is 11.3 Å². The van der Waals surface area contributed by atoms with Gasteiger partial charge in [0, 0.05) is 11.5 Å². The Morgan fingerprint density at radius 2 is 1.95 bits per heavy atom. The molecule has 1 aromatic heterocycles. The van der Waals surface area contributed by atoms with Gasteiger partial charge in [-0.05, 0) is 32.0 Å². The second-order valence-electron chi connectivity index (χ2n) is 5.37. The normalized spacial score (nSPS) is 20.5. The third-order valence-corrected chi connectivity index (χ3v) is 3.56. The summed E-state index contributed by atoms with van der Waals surface area (Å²) in [6, 6.07) is 6.37. The van der Waals surface area contributed by atoms with Gasteiger partial charge in [0.05, 0.1) is 17.7 Å². The van der Waals surface area contributed by atoms with Gasteiger partial charge in [0.25, 0.3) is 0 Å². The van der Waals surface area contributed by atoms with E-state index < -0.39 is 17.1 Å². The van der Waals surface area contributed by atoms with Crippen LogP contribution in [0.5, 0.6) is 5.75 Å². The lowest BCUT2D eigenvalue weighted by molar-refractivity contribution is -0.133. The number of ketones is 1. The van der Waals surface area contributed by atoms with E-state index in [0.717, 1.165) is 6.21 Å². The molecule has 1 N–H and O–H groups in total. The maximum atomic E-state index is 12.5. The number of ether oxygens (including phenoxy) is 1. The predicted octanol–water partition coefficient (Wildman–Crippen LogP) is 2.08. The maximum absolute atomic E-state index is 12.5. The fraction of sp³-hybridized carbons (Fsp3) is 0.267. The van der Waals surface area contributed by atoms with E-state index in [4.69, 9.17) is 14.4 Å². The average Bonchev–Trinajstić information content (AvgIpc) is 2.43. The Morgan fingerprint density at radius 1 is 1.24 bits per heavy atom. The minimum Gasteiger partial charge on any atom is -0.480 e. The smallest absolute Gasteiger partial charge is 0.336 e. The van der Waals surface area contributed by atoms with Crippen molar-refractivity contribution in [1.82, 2.24) is 0 Å². The number of benzene rings is 1. The lowest BCUT2D eigenvalue weighted by Gasteiger charge is -2.34. The van der Waals surface area contributed by atoms with E-state index in [1.165, 1.54) is 6.07 Å². The van der Waals surface area contributed by atoms with E-state index >= 15 is 0 Å². The molecule has 1 aromatic carbocycles. The summed E-state index contributed by atoms with van der Waals surface area (Å²) in [7, 11) is 0. The molecule has 0 radical (unpaired) electrons. The Labute approximate surface area is 119 Å². The van der Waals surface area contributed by atoms with Gasteiger partial charge in [-0.15, -0.1) is 5.16 Å². The third kappa shape index (κ3) is 1.99. The molecule has 6 heteroatoms. The minimum atomic E-state index is -1.05. The van der Waals surface area contributed by atoms with Crippen LogP contribution in [0.2, 0.25) is 0 Å². The van der Waals surface area contributed by atoms with Crippen molar-refractivity contribution in [2.45, 2.75) is 25.4 Å². The lowest BCUT2D eigenvalue weighted by Crippen LogP contribution is -2.45. The summed E-state index contributed by atoms with van der Waals surface area (Å²) in [6.07, 6.45) is 1.12. The Kier molecular flexibility index (Phi) is 2.83. The van der Waals surface area contributed by atoms with Crippen LogP contribution in [-0.4, -0.2) is 22.8 Å². The monoisotopic (exact) mass is 287 g/mol. The average molecular weight is 287 g/mol. The van der Waals surface area contributed by atoms with Crippen molar-refractivity contribution >= 4 is 23.0 Å². The second kappa shape index (κ2) is 4.44. The number of carbonyl (C=O) groups excluding carboxylic acids is 1. The van der Waals surface area contributed by atoms with Crippen LogP contribution in [0.1, 0.15) is 25.3 Å². The van der Waals surface area contributed by atoms with Crippen LogP contribution in [0, 0.1) is 0 Å². The quantitative estimate of drug-likeness (QED) is 0.375. The Balaban J connectivity index is 2.38. The standard InChI is InChI=1S/C15H13NO5/c1-15(2)14(18)9(7-16-19)12-10(21-15)5-3-8-4-6-11(17)20-13(8)12/h3-7,9,19H,1-2H3/t9-/m1/s1. The predicted molar refractivity (Wildman–Crippen MR) is 75.2 cm³/mol. The fourth-order valence-corrected chi connectivity index (χ4v) is 2.56. The van der Waals surface area contributed by atoms with Gasteiger partial charge < -0.3 is 14.4 Å². The summed E-state index contributed by atoms with van der Waals surface area (Å²) in [5, 5.41) is 12.5. The number of rotatable bonds is 1. The van der Waals surface area contributed by atoms with E-state index in [9.17, 15) is 9.59 Å². The zero-order valence-corrected chi connectivity index (χ0v) is 11.5. The van der Waals surface area contributed by atoms with Gasteiger partial charge in [-0.2, -0.15) is 0 Å². The molecule has 6 nitrogen and oxygen atoms in total. The highest BCUT2D eigenvalue weighted by molar-refractivity contribution is 6.09. The molecule has 0 saturated carbocycles. The van der Waals surface area contributed by atoms with Gasteiger partial charge in [0.2, 0.25) is 0 Å². The van der Waals surface area contributed by atoms with Crippen LogP contribution in [-0.2, 0) is 4.79 Å². The molecule has 2 heterocycles. The van der Waals surface area contributed by atoms with Crippen molar-refractivity contribution in [2.75, 3.05) is 0 Å². The number of nitrogens with zero attached hydrogens (tertiary/aromatic N) is 1. The van der Waals surface area contributed by atoms with Crippen molar-refractivity contribution in [3.63, 3.8) is 0 Å². The van der Waals surface area contributed by atoms with E-state index in [-0.39, 0.29) is 11.4 Å². The Hall–Kier alpha value is -2.63. The molecule has 0 unspecified atom stereocenters. The topological polar surface area (TPSA) is 89.1 Å². The van der Waals surface area contributed by atoms with Crippen molar-refractivity contribution in [3.8, 4) is 5.75 Å². The number of Topliss-reactive ketones (excluding diaryl/α,β-unsaturated/α-hetero) is 1. The van der Waals surface area contributed by atoms with E-state index in [1.807, 2.05) is 0 Å². The van der Waals surface area contributed by atoms with Crippen molar-refractivity contribution < 1.29 is 19.2 Å². The van der Waals surface area contributed by atoms with Crippen LogP contribution in [0.4, 0.5) is 0 Å². The first-order valence-corrected chi connectivity index (χ1v) is 6.41. The summed E-state index contributed by atoms with van der Waals surface area (Å²) >= 11 is 0. The highest BCUT2D eigenvalue weighted by Crippen LogP contribution is 2.41. The molecule has 0 spiro atoms. The van der Waals surface area contributed by atoms with Gasteiger partial charge in [-0.1, -0.05) is 0 Å². The molecule has 2 aromatic rings. The second-order valence-corrected chi connectivity index (χ2v) is 5.37. The van der Waals surface area contributed by atoms with Crippen molar-refractivity contribution in [1.29, 1.82) is 0 Å². The summed E-state index contributed by atoms with van der Waals surface area (Å²) in [5.74, 6) is -0.666. The first-order valence-electron chi connectivity index (χ1n) is 6.41. The summed E-state index contributed by atoms with van der Waals surface area (Å²) < 4.78 is 10.9. The van der Waals surface area contributed by atoms with Crippen LogP contribution < -0.4 is 10.4 Å². The lowest BCUT2D eigenvalue weighted by atomic mass is 9.83. The molecular weight excluding hydrogens is 274 g/mol. The van der Waals surface area contributed by atoms with Crippen molar-refractivity contribution in [3.05, 3.63) is 40.2 Å².